The van der Waals surface area contributed by atoms with Crippen LogP contribution in [0.15, 0.2) is 18.2 Å². The molecule has 0 aliphatic carbocycles. The van der Waals surface area contributed by atoms with Gasteiger partial charge in [0.25, 0.3) is 0 Å². The molecule has 0 spiro atoms. The number of rotatable bonds is 1. The molecule has 1 radical (unpaired) electrons. The van der Waals surface area contributed by atoms with Crippen LogP contribution in [0.3, 0.4) is 0 Å². The Hall–Kier alpha value is -0.730. The summed E-state index contributed by atoms with van der Waals surface area (Å²) in [5.74, 6) is -1.32. The van der Waals surface area contributed by atoms with Gasteiger partial charge < -0.3 is 0 Å². The Balaban J connectivity index is 3.27. The van der Waals surface area contributed by atoms with Crippen molar-refractivity contribution in [3.8, 4) is 0 Å². The summed E-state index contributed by atoms with van der Waals surface area (Å²) >= 11 is 11.1. The van der Waals surface area contributed by atoms with Crippen LogP contribution >= 0.6 is 23.2 Å². The van der Waals surface area contributed by atoms with Crippen molar-refractivity contribution in [3.63, 3.8) is 0 Å². The molecule has 0 fully saturated rings. The van der Waals surface area contributed by atoms with Crippen molar-refractivity contribution in [3.05, 3.63) is 33.8 Å². The molecule has 11 heavy (non-hydrogen) atoms. The Morgan fingerprint density at radius 3 is 2.36 bits per heavy atom. The minimum atomic E-state index is -1.32. The summed E-state index contributed by atoms with van der Waals surface area (Å²) in [6.07, 6.45) is 0. The minimum absolute atomic E-state index is 0.0224. The largest absolute Gasteiger partial charge is 0.387 e. The first-order valence-electron chi connectivity index (χ1n) is 2.78. The summed E-state index contributed by atoms with van der Waals surface area (Å²) in [5, 5.41) is 10.6. The predicted molar refractivity (Wildman–Crippen MR) is 41.5 cm³/mol. The highest BCUT2D eigenvalue weighted by Crippen LogP contribution is 2.25. The molecule has 0 bridgehead atoms. The van der Waals surface area contributed by atoms with Gasteiger partial charge in [-0.25, -0.2) is 9.90 Å². The quantitative estimate of drug-likeness (QED) is 0.670. The molecule has 0 aliphatic rings. The van der Waals surface area contributed by atoms with Crippen molar-refractivity contribution < 1.29 is 9.90 Å². The molecule has 1 aromatic rings. The second-order valence-corrected chi connectivity index (χ2v) is 2.67. The van der Waals surface area contributed by atoms with Crippen LogP contribution in [0.2, 0.25) is 10.0 Å². The average molecular weight is 190 g/mol. The molecule has 0 aliphatic heterocycles. The Kier molecular flexibility index (Phi) is 2.37. The predicted octanol–water partition coefficient (Wildman–Crippen LogP) is 2.56. The molecular formula is C7H3Cl2O2. The molecule has 1 rings (SSSR count). The molecule has 0 heterocycles. The molecule has 0 saturated heterocycles. The van der Waals surface area contributed by atoms with Crippen LogP contribution in [0, 0.1) is 0 Å². The number of benzene rings is 1. The van der Waals surface area contributed by atoms with Crippen LogP contribution in [0.4, 0.5) is 0 Å². The van der Waals surface area contributed by atoms with Gasteiger partial charge in [-0.1, -0.05) is 29.3 Å². The first kappa shape index (κ1) is 8.37. The third kappa shape index (κ3) is 1.64. The Labute approximate surface area is 73.4 Å². The molecular weight excluding hydrogens is 187 g/mol. The monoisotopic (exact) mass is 189 g/mol. The third-order valence-electron chi connectivity index (χ3n) is 1.17. The summed E-state index contributed by atoms with van der Waals surface area (Å²) in [6, 6.07) is 4.35. The normalized spacial score (nSPS) is 9.64. The first-order chi connectivity index (χ1) is 5.13. The van der Waals surface area contributed by atoms with E-state index in [0.717, 1.165) is 0 Å². The van der Waals surface area contributed by atoms with Crippen molar-refractivity contribution in [1.82, 2.24) is 0 Å². The second kappa shape index (κ2) is 3.11. The maximum Gasteiger partial charge on any atom is 0.387 e. The Bertz CT molecular complexity index is 296. The van der Waals surface area contributed by atoms with E-state index in [1.165, 1.54) is 18.2 Å². The summed E-state index contributed by atoms with van der Waals surface area (Å²) < 4.78 is 0. The van der Waals surface area contributed by atoms with Crippen molar-refractivity contribution >= 4 is 29.2 Å². The lowest BCUT2D eigenvalue weighted by atomic mass is 10.2. The van der Waals surface area contributed by atoms with Crippen LogP contribution in [0.5, 0.6) is 0 Å². The maximum atomic E-state index is 10.3. The van der Waals surface area contributed by atoms with Crippen molar-refractivity contribution in [2.45, 2.75) is 0 Å². The van der Waals surface area contributed by atoms with Gasteiger partial charge in [0, 0.05) is 0 Å². The van der Waals surface area contributed by atoms with Crippen LogP contribution < -0.4 is 0 Å². The molecule has 0 unspecified atom stereocenters. The van der Waals surface area contributed by atoms with E-state index in [9.17, 15) is 9.90 Å². The molecule has 0 amide bonds. The smallest absolute Gasteiger partial charge is 0.241 e. The van der Waals surface area contributed by atoms with Crippen LogP contribution in [-0.4, -0.2) is 5.97 Å². The van der Waals surface area contributed by atoms with E-state index in [1.807, 2.05) is 0 Å². The second-order valence-electron chi connectivity index (χ2n) is 1.89. The molecule has 1 aromatic carbocycles. The van der Waals surface area contributed by atoms with Gasteiger partial charge in [-0.05, 0) is 12.1 Å². The van der Waals surface area contributed by atoms with E-state index in [-0.39, 0.29) is 15.6 Å². The number of carbonyl (C=O) groups is 1. The molecule has 57 valence electrons. The van der Waals surface area contributed by atoms with E-state index in [1.54, 1.807) is 0 Å². The number of hydrogen-bond donors (Lipinski definition) is 0. The topological polar surface area (TPSA) is 37.0 Å². The zero-order valence-electron chi connectivity index (χ0n) is 5.30. The highest BCUT2D eigenvalue weighted by Gasteiger charge is 2.11. The van der Waals surface area contributed by atoms with Gasteiger partial charge in [0.1, 0.15) is 0 Å². The van der Waals surface area contributed by atoms with E-state index in [0.29, 0.717) is 0 Å². The molecule has 0 aromatic heterocycles. The fraction of sp³-hybridized carbons (Fsp3) is 0. The number of carbonyl (C=O) groups excluding carboxylic acids is 1. The summed E-state index contributed by atoms with van der Waals surface area (Å²) in [5.41, 5.74) is -0.0841. The highest BCUT2D eigenvalue weighted by atomic mass is 35.5. The van der Waals surface area contributed by atoms with E-state index in [2.05, 4.69) is 0 Å². The molecule has 0 saturated carbocycles. The highest BCUT2D eigenvalue weighted by molar-refractivity contribution is 6.43. The SMILES string of the molecule is [O]C(=O)c1cccc(Cl)c1Cl. The number of halogens is 2. The zero-order chi connectivity index (χ0) is 8.43. The fourth-order valence-corrected chi connectivity index (χ4v) is 1.04. The molecule has 2 nitrogen and oxygen atoms in total. The van der Waals surface area contributed by atoms with Crippen LogP contribution in [-0.2, 0) is 5.11 Å². The van der Waals surface area contributed by atoms with Crippen molar-refractivity contribution in [1.29, 1.82) is 0 Å². The van der Waals surface area contributed by atoms with E-state index >= 15 is 0 Å². The lowest BCUT2D eigenvalue weighted by Gasteiger charge is -1.96. The zero-order valence-corrected chi connectivity index (χ0v) is 6.82. The lowest BCUT2D eigenvalue weighted by Crippen LogP contribution is -1.94. The molecule has 4 heteroatoms. The van der Waals surface area contributed by atoms with Gasteiger partial charge in [0.05, 0.1) is 15.6 Å². The standard InChI is InChI=1S/C7H3Cl2O2/c8-5-3-1-2-4(6(5)9)7(10)11/h1-3H. The maximum absolute atomic E-state index is 10.3. The van der Waals surface area contributed by atoms with Crippen LogP contribution in [0.25, 0.3) is 0 Å². The molecule has 0 N–H and O–H groups in total. The average Bonchev–Trinajstić information content (AvgIpc) is 1.94. The van der Waals surface area contributed by atoms with Gasteiger partial charge in [-0.15, -0.1) is 0 Å². The van der Waals surface area contributed by atoms with Gasteiger partial charge >= 0.3 is 5.97 Å². The minimum Gasteiger partial charge on any atom is -0.241 e. The van der Waals surface area contributed by atoms with Crippen LogP contribution in [0.1, 0.15) is 10.4 Å². The van der Waals surface area contributed by atoms with Crippen molar-refractivity contribution in [2.24, 2.45) is 0 Å². The van der Waals surface area contributed by atoms with Gasteiger partial charge in [-0.3, -0.25) is 0 Å². The van der Waals surface area contributed by atoms with E-state index < -0.39 is 5.97 Å². The number of hydrogen-bond acceptors (Lipinski definition) is 1. The van der Waals surface area contributed by atoms with Gasteiger partial charge in [-0.2, -0.15) is 0 Å². The lowest BCUT2D eigenvalue weighted by molar-refractivity contribution is 0.0573. The van der Waals surface area contributed by atoms with Gasteiger partial charge in [0.15, 0.2) is 0 Å². The summed E-state index contributed by atoms with van der Waals surface area (Å²) in [6.45, 7) is 0. The van der Waals surface area contributed by atoms with E-state index in [4.69, 9.17) is 23.2 Å². The van der Waals surface area contributed by atoms with Gasteiger partial charge in [0.2, 0.25) is 0 Å². The molecule has 0 atom stereocenters. The first-order valence-corrected chi connectivity index (χ1v) is 3.54. The summed E-state index contributed by atoms with van der Waals surface area (Å²) in [4.78, 5) is 10.3. The van der Waals surface area contributed by atoms with Crippen molar-refractivity contribution in [2.75, 3.05) is 0 Å². The third-order valence-corrected chi connectivity index (χ3v) is 1.99. The Morgan fingerprint density at radius 1 is 1.27 bits per heavy atom. The Morgan fingerprint density at radius 2 is 1.91 bits per heavy atom. The summed E-state index contributed by atoms with van der Waals surface area (Å²) in [7, 11) is 0. The fourth-order valence-electron chi connectivity index (χ4n) is 0.661.